The summed E-state index contributed by atoms with van der Waals surface area (Å²) in [5, 5.41) is 4.26. The van der Waals surface area contributed by atoms with E-state index in [0.29, 0.717) is 25.6 Å². The van der Waals surface area contributed by atoms with Crippen LogP contribution in [0.2, 0.25) is 0 Å². The van der Waals surface area contributed by atoms with E-state index in [1.165, 1.54) is 19.3 Å². The third-order valence-electron chi connectivity index (χ3n) is 6.69. The van der Waals surface area contributed by atoms with Gasteiger partial charge >= 0.3 is 0 Å². The standard InChI is InChI=1S/C27H33BrN4O4/c1-33-20-5-6-22(28)23(15-20)31-27-26-24(29-18-30-27)16-21(35-14-11-32-9-3-2-4-10-32)17-25(26)36-19-7-12-34-13-8-19/h5-6,15-19H,2-4,7-14H2,1H3,(H,29,30,31). The van der Waals surface area contributed by atoms with Gasteiger partial charge in [0.25, 0.3) is 0 Å². The van der Waals surface area contributed by atoms with Gasteiger partial charge in [0.05, 0.1) is 36.9 Å². The van der Waals surface area contributed by atoms with E-state index in [9.17, 15) is 0 Å². The number of nitrogens with zero attached hydrogens (tertiary/aromatic N) is 3. The summed E-state index contributed by atoms with van der Waals surface area (Å²) in [7, 11) is 1.65. The van der Waals surface area contributed by atoms with Gasteiger partial charge in [-0.15, -0.1) is 0 Å². The summed E-state index contributed by atoms with van der Waals surface area (Å²) in [6.45, 7) is 5.27. The number of rotatable bonds is 9. The van der Waals surface area contributed by atoms with Gasteiger partial charge in [0.2, 0.25) is 0 Å². The predicted octanol–water partition coefficient (Wildman–Crippen LogP) is 5.57. The van der Waals surface area contributed by atoms with Crippen LogP contribution in [0.1, 0.15) is 32.1 Å². The van der Waals surface area contributed by atoms with Gasteiger partial charge in [-0.05, 0) is 54.0 Å². The Morgan fingerprint density at radius 2 is 1.89 bits per heavy atom. The third kappa shape index (κ3) is 6.19. The minimum Gasteiger partial charge on any atom is -0.497 e. The number of hydrogen-bond acceptors (Lipinski definition) is 8. The number of fused-ring (bicyclic) bond motifs is 1. The molecule has 2 aliphatic rings. The molecule has 0 bridgehead atoms. The quantitative estimate of drug-likeness (QED) is 0.366. The lowest BCUT2D eigenvalue weighted by molar-refractivity contribution is 0.0261. The Hall–Kier alpha value is -2.62. The molecular formula is C27H33BrN4O4. The minimum atomic E-state index is 0.0714. The number of ether oxygens (including phenoxy) is 4. The first kappa shape index (κ1) is 25.0. The maximum atomic E-state index is 6.53. The molecule has 8 nitrogen and oxygen atoms in total. The monoisotopic (exact) mass is 556 g/mol. The van der Waals surface area contributed by atoms with Crippen LogP contribution in [0.25, 0.3) is 10.9 Å². The van der Waals surface area contributed by atoms with Crippen LogP contribution in [0.4, 0.5) is 11.5 Å². The molecule has 2 saturated heterocycles. The molecule has 0 unspecified atom stereocenters. The summed E-state index contributed by atoms with van der Waals surface area (Å²) >= 11 is 3.62. The average molecular weight is 557 g/mol. The van der Waals surface area contributed by atoms with Crippen LogP contribution in [-0.4, -0.2) is 67.5 Å². The zero-order valence-electron chi connectivity index (χ0n) is 20.7. The maximum Gasteiger partial charge on any atom is 0.145 e. The van der Waals surface area contributed by atoms with Crippen molar-refractivity contribution in [2.45, 2.75) is 38.2 Å². The Balaban J connectivity index is 1.44. The Bertz CT molecular complexity index is 1170. The number of benzene rings is 2. The van der Waals surface area contributed by atoms with E-state index in [4.69, 9.17) is 18.9 Å². The van der Waals surface area contributed by atoms with Crippen LogP contribution in [0.15, 0.2) is 41.1 Å². The Labute approximate surface area is 220 Å². The summed E-state index contributed by atoms with van der Waals surface area (Å²) in [5.74, 6) is 2.89. The van der Waals surface area contributed by atoms with Crippen molar-refractivity contribution >= 4 is 38.3 Å². The molecular weight excluding hydrogens is 524 g/mol. The summed E-state index contributed by atoms with van der Waals surface area (Å²) < 4.78 is 24.6. The van der Waals surface area contributed by atoms with E-state index in [0.717, 1.165) is 70.8 Å². The first-order chi connectivity index (χ1) is 17.7. The van der Waals surface area contributed by atoms with E-state index < -0.39 is 0 Å². The molecule has 192 valence electrons. The van der Waals surface area contributed by atoms with Gasteiger partial charge in [0.15, 0.2) is 0 Å². The fourth-order valence-corrected chi connectivity index (χ4v) is 5.05. The number of likely N-dealkylation sites (tertiary alicyclic amines) is 1. The van der Waals surface area contributed by atoms with Crippen LogP contribution in [0, 0.1) is 0 Å². The fraction of sp³-hybridized carbons (Fsp3) is 0.481. The average Bonchev–Trinajstić information content (AvgIpc) is 2.91. The molecule has 2 aromatic carbocycles. The first-order valence-electron chi connectivity index (χ1n) is 12.7. The zero-order chi connectivity index (χ0) is 24.7. The number of anilines is 2. The molecule has 9 heteroatoms. The van der Waals surface area contributed by atoms with Gasteiger partial charge in [0.1, 0.15) is 42.1 Å². The Morgan fingerprint density at radius 3 is 2.69 bits per heavy atom. The molecule has 1 aromatic heterocycles. The molecule has 0 atom stereocenters. The van der Waals surface area contributed by atoms with Crippen LogP contribution in [0.3, 0.4) is 0 Å². The summed E-state index contributed by atoms with van der Waals surface area (Å²) in [6, 6.07) is 9.72. The van der Waals surface area contributed by atoms with Crippen molar-refractivity contribution in [2.75, 3.05) is 51.9 Å². The topological polar surface area (TPSA) is 78.0 Å². The minimum absolute atomic E-state index is 0.0714. The van der Waals surface area contributed by atoms with Crippen molar-refractivity contribution in [3.05, 3.63) is 41.1 Å². The van der Waals surface area contributed by atoms with E-state index in [-0.39, 0.29) is 6.10 Å². The summed E-state index contributed by atoms with van der Waals surface area (Å²) in [4.78, 5) is 11.6. The molecule has 1 N–H and O–H groups in total. The van der Waals surface area contributed by atoms with E-state index >= 15 is 0 Å². The third-order valence-corrected chi connectivity index (χ3v) is 7.38. The highest BCUT2D eigenvalue weighted by Crippen LogP contribution is 2.38. The van der Waals surface area contributed by atoms with Crippen molar-refractivity contribution in [1.82, 2.24) is 14.9 Å². The van der Waals surface area contributed by atoms with E-state index in [1.54, 1.807) is 13.4 Å². The molecule has 0 saturated carbocycles. The van der Waals surface area contributed by atoms with E-state index in [1.807, 2.05) is 30.3 Å². The van der Waals surface area contributed by atoms with Crippen molar-refractivity contribution in [2.24, 2.45) is 0 Å². The number of methoxy groups -OCH3 is 1. The Morgan fingerprint density at radius 1 is 1.06 bits per heavy atom. The molecule has 0 spiro atoms. The van der Waals surface area contributed by atoms with Crippen LogP contribution < -0.4 is 19.5 Å². The fourth-order valence-electron chi connectivity index (χ4n) is 4.70. The van der Waals surface area contributed by atoms with Gasteiger partial charge in [-0.3, -0.25) is 4.90 Å². The van der Waals surface area contributed by atoms with Crippen molar-refractivity contribution in [1.29, 1.82) is 0 Å². The second-order valence-corrected chi connectivity index (χ2v) is 10.0. The number of halogens is 1. The molecule has 36 heavy (non-hydrogen) atoms. The SMILES string of the molecule is COc1ccc(Br)c(Nc2ncnc3cc(OCCN4CCCCC4)cc(OC4CCOCC4)c23)c1. The van der Waals surface area contributed by atoms with Gasteiger partial charge in [0, 0.05) is 42.1 Å². The molecule has 0 aliphatic carbocycles. The lowest BCUT2D eigenvalue weighted by atomic mass is 10.1. The van der Waals surface area contributed by atoms with Gasteiger partial charge in [-0.1, -0.05) is 6.42 Å². The molecule has 5 rings (SSSR count). The lowest BCUT2D eigenvalue weighted by Crippen LogP contribution is -2.33. The van der Waals surface area contributed by atoms with Crippen LogP contribution >= 0.6 is 15.9 Å². The highest BCUT2D eigenvalue weighted by molar-refractivity contribution is 9.10. The highest BCUT2D eigenvalue weighted by Gasteiger charge is 2.20. The number of piperidine rings is 1. The molecule has 2 aliphatic heterocycles. The zero-order valence-corrected chi connectivity index (χ0v) is 22.3. The summed E-state index contributed by atoms with van der Waals surface area (Å²) in [5.41, 5.74) is 1.61. The van der Waals surface area contributed by atoms with Gasteiger partial charge in [-0.2, -0.15) is 0 Å². The first-order valence-corrected chi connectivity index (χ1v) is 13.5. The van der Waals surface area contributed by atoms with Crippen molar-refractivity contribution in [3.8, 4) is 17.2 Å². The van der Waals surface area contributed by atoms with Crippen molar-refractivity contribution in [3.63, 3.8) is 0 Å². The molecule has 3 aromatic rings. The molecule has 0 amide bonds. The highest BCUT2D eigenvalue weighted by atomic mass is 79.9. The van der Waals surface area contributed by atoms with E-state index in [2.05, 4.69) is 36.1 Å². The number of aromatic nitrogens is 2. The van der Waals surface area contributed by atoms with Gasteiger partial charge < -0.3 is 24.3 Å². The molecule has 2 fully saturated rings. The van der Waals surface area contributed by atoms with Crippen molar-refractivity contribution < 1.29 is 18.9 Å². The van der Waals surface area contributed by atoms with Crippen LogP contribution in [-0.2, 0) is 4.74 Å². The number of hydrogen-bond donors (Lipinski definition) is 1. The lowest BCUT2D eigenvalue weighted by Gasteiger charge is -2.26. The smallest absolute Gasteiger partial charge is 0.145 e. The second-order valence-electron chi connectivity index (χ2n) is 9.19. The Kier molecular flexibility index (Phi) is 8.40. The summed E-state index contributed by atoms with van der Waals surface area (Å²) in [6.07, 6.45) is 7.21. The molecule has 3 heterocycles. The molecule has 0 radical (unpaired) electrons. The predicted molar refractivity (Wildman–Crippen MR) is 144 cm³/mol. The second kappa shape index (κ2) is 12.1. The maximum absolute atomic E-state index is 6.53. The normalized spacial score (nSPS) is 17.2. The van der Waals surface area contributed by atoms with Crippen LogP contribution in [0.5, 0.6) is 17.2 Å². The largest absolute Gasteiger partial charge is 0.497 e. The number of nitrogens with one attached hydrogen (secondary N) is 1. The van der Waals surface area contributed by atoms with Gasteiger partial charge in [-0.25, -0.2) is 9.97 Å².